The molecule has 132 valence electrons. The van der Waals surface area contributed by atoms with Gasteiger partial charge in [-0.15, -0.1) is 12.4 Å². The molecule has 2 aromatic carbocycles. The Morgan fingerprint density at radius 2 is 1.54 bits per heavy atom. The van der Waals surface area contributed by atoms with Crippen molar-refractivity contribution in [2.45, 2.75) is 18.6 Å². The third kappa shape index (κ3) is 4.32. The maximum Gasteiger partial charge on any atom is 0.203 e. The second kappa shape index (κ2) is 9.37. The molecule has 0 radical (unpaired) electrons. The van der Waals surface area contributed by atoms with Gasteiger partial charge < -0.3 is 25.1 Å². The van der Waals surface area contributed by atoms with Gasteiger partial charge in [-0.25, -0.2) is 0 Å². The summed E-state index contributed by atoms with van der Waals surface area (Å²) in [7, 11) is 4.63. The molecule has 0 heterocycles. The molecule has 0 aliphatic carbocycles. The van der Waals surface area contributed by atoms with Crippen molar-refractivity contribution in [1.82, 2.24) is 0 Å². The number of aliphatic hydroxyl groups excluding tert-OH is 1. The zero-order chi connectivity index (χ0) is 16.8. The van der Waals surface area contributed by atoms with Crippen LogP contribution in [0.2, 0.25) is 0 Å². The smallest absolute Gasteiger partial charge is 0.203 e. The number of ether oxygens (including phenoxy) is 3. The van der Waals surface area contributed by atoms with Crippen LogP contribution in [0.4, 0.5) is 0 Å². The van der Waals surface area contributed by atoms with E-state index in [9.17, 15) is 5.11 Å². The summed E-state index contributed by atoms with van der Waals surface area (Å²) >= 11 is 0. The SMILES string of the molecule is COc1ccc([C@@H](N)[C@@H](O)Cc2ccccc2)c(OC)c1OC.Cl. The maximum atomic E-state index is 10.5. The Hall–Kier alpha value is -1.95. The van der Waals surface area contributed by atoms with E-state index >= 15 is 0 Å². The predicted octanol–water partition coefficient (Wildman–Crippen LogP) is 2.74. The molecule has 0 saturated heterocycles. The number of aliphatic hydroxyl groups is 1. The van der Waals surface area contributed by atoms with Crippen LogP contribution in [0, 0.1) is 0 Å². The summed E-state index contributed by atoms with van der Waals surface area (Å²) in [6.07, 6.45) is -0.288. The van der Waals surface area contributed by atoms with Gasteiger partial charge in [-0.3, -0.25) is 0 Å². The number of hydrogen-bond acceptors (Lipinski definition) is 5. The molecule has 24 heavy (non-hydrogen) atoms. The lowest BCUT2D eigenvalue weighted by Gasteiger charge is -2.23. The summed E-state index contributed by atoms with van der Waals surface area (Å²) in [5.74, 6) is 1.50. The number of methoxy groups -OCH3 is 3. The molecule has 0 spiro atoms. The zero-order valence-corrected chi connectivity index (χ0v) is 14.9. The molecule has 0 aliphatic rings. The highest BCUT2D eigenvalue weighted by atomic mass is 35.5. The van der Waals surface area contributed by atoms with Gasteiger partial charge in [0, 0.05) is 12.0 Å². The van der Waals surface area contributed by atoms with Crippen LogP contribution in [-0.2, 0) is 6.42 Å². The Kier molecular flexibility index (Phi) is 7.85. The average molecular weight is 354 g/mol. The first kappa shape index (κ1) is 20.1. The van der Waals surface area contributed by atoms with Crippen LogP contribution in [0.15, 0.2) is 42.5 Å². The van der Waals surface area contributed by atoms with Crippen molar-refractivity contribution in [2.75, 3.05) is 21.3 Å². The second-order valence-electron chi connectivity index (χ2n) is 5.21. The topological polar surface area (TPSA) is 73.9 Å². The normalized spacial score (nSPS) is 12.7. The molecule has 2 rings (SSSR count). The van der Waals surface area contributed by atoms with Gasteiger partial charge in [0.15, 0.2) is 11.5 Å². The molecular formula is C18H24ClNO4. The van der Waals surface area contributed by atoms with E-state index in [2.05, 4.69) is 0 Å². The van der Waals surface area contributed by atoms with Crippen LogP contribution >= 0.6 is 12.4 Å². The Labute approximate surface area is 148 Å². The first-order chi connectivity index (χ1) is 11.1. The van der Waals surface area contributed by atoms with Gasteiger partial charge in [-0.2, -0.15) is 0 Å². The summed E-state index contributed by atoms with van der Waals surface area (Å²) in [6, 6.07) is 12.7. The number of nitrogens with two attached hydrogens (primary N) is 1. The number of halogens is 1. The average Bonchev–Trinajstić information content (AvgIpc) is 2.60. The second-order valence-corrected chi connectivity index (χ2v) is 5.21. The lowest BCUT2D eigenvalue weighted by Crippen LogP contribution is -2.28. The van der Waals surface area contributed by atoms with E-state index in [-0.39, 0.29) is 12.4 Å². The lowest BCUT2D eigenvalue weighted by atomic mass is 9.95. The molecule has 3 N–H and O–H groups in total. The van der Waals surface area contributed by atoms with Gasteiger partial charge >= 0.3 is 0 Å². The van der Waals surface area contributed by atoms with E-state index in [1.54, 1.807) is 19.2 Å². The highest BCUT2D eigenvalue weighted by Crippen LogP contribution is 2.42. The number of benzene rings is 2. The van der Waals surface area contributed by atoms with E-state index in [0.29, 0.717) is 29.2 Å². The minimum atomic E-state index is -0.746. The van der Waals surface area contributed by atoms with Gasteiger partial charge in [-0.05, 0) is 17.7 Å². The van der Waals surface area contributed by atoms with Gasteiger partial charge in [-0.1, -0.05) is 30.3 Å². The monoisotopic (exact) mass is 353 g/mol. The third-order valence-corrected chi connectivity index (χ3v) is 3.80. The van der Waals surface area contributed by atoms with Gasteiger partial charge in [0.1, 0.15) is 0 Å². The molecule has 2 aromatic rings. The van der Waals surface area contributed by atoms with Crippen LogP contribution < -0.4 is 19.9 Å². The van der Waals surface area contributed by atoms with E-state index in [1.165, 1.54) is 14.2 Å². The first-order valence-corrected chi connectivity index (χ1v) is 7.38. The molecule has 0 unspecified atom stereocenters. The molecule has 6 heteroatoms. The fourth-order valence-electron chi connectivity index (χ4n) is 2.58. The molecule has 0 saturated carbocycles. The van der Waals surface area contributed by atoms with Crippen molar-refractivity contribution in [3.8, 4) is 17.2 Å². The largest absolute Gasteiger partial charge is 0.493 e. The van der Waals surface area contributed by atoms with Crippen molar-refractivity contribution in [2.24, 2.45) is 5.73 Å². The van der Waals surface area contributed by atoms with Crippen molar-refractivity contribution in [3.63, 3.8) is 0 Å². The minimum Gasteiger partial charge on any atom is -0.493 e. The predicted molar refractivity (Wildman–Crippen MR) is 96.4 cm³/mol. The summed E-state index contributed by atoms with van der Waals surface area (Å²) in [6.45, 7) is 0. The van der Waals surface area contributed by atoms with Gasteiger partial charge in [0.2, 0.25) is 5.75 Å². The Morgan fingerprint density at radius 3 is 2.08 bits per heavy atom. The van der Waals surface area contributed by atoms with Crippen LogP contribution in [0.3, 0.4) is 0 Å². The molecule has 0 fully saturated rings. The number of hydrogen-bond donors (Lipinski definition) is 2. The lowest BCUT2D eigenvalue weighted by molar-refractivity contribution is 0.143. The fraction of sp³-hybridized carbons (Fsp3) is 0.333. The van der Waals surface area contributed by atoms with Crippen molar-refractivity contribution in [1.29, 1.82) is 0 Å². The van der Waals surface area contributed by atoms with E-state index < -0.39 is 12.1 Å². The summed E-state index contributed by atoms with van der Waals surface area (Å²) in [4.78, 5) is 0. The fourth-order valence-corrected chi connectivity index (χ4v) is 2.58. The van der Waals surface area contributed by atoms with Crippen LogP contribution in [0.1, 0.15) is 17.2 Å². The van der Waals surface area contributed by atoms with E-state index in [1.807, 2.05) is 30.3 Å². The summed E-state index contributed by atoms with van der Waals surface area (Å²) in [5, 5.41) is 10.5. The van der Waals surface area contributed by atoms with Crippen molar-refractivity contribution < 1.29 is 19.3 Å². The maximum absolute atomic E-state index is 10.5. The van der Waals surface area contributed by atoms with E-state index in [4.69, 9.17) is 19.9 Å². The van der Waals surface area contributed by atoms with Gasteiger partial charge in [0.25, 0.3) is 0 Å². The Balaban J connectivity index is 0.00000288. The summed E-state index contributed by atoms with van der Waals surface area (Å²) in [5.41, 5.74) is 7.95. The van der Waals surface area contributed by atoms with E-state index in [0.717, 1.165) is 5.56 Å². The molecule has 0 aromatic heterocycles. The molecule has 0 aliphatic heterocycles. The van der Waals surface area contributed by atoms with Crippen molar-refractivity contribution in [3.05, 3.63) is 53.6 Å². The Bertz CT molecular complexity index is 636. The number of rotatable bonds is 7. The minimum absolute atomic E-state index is 0. The quantitative estimate of drug-likeness (QED) is 0.800. The highest BCUT2D eigenvalue weighted by molar-refractivity contribution is 5.85. The summed E-state index contributed by atoms with van der Waals surface area (Å²) < 4.78 is 16.1. The third-order valence-electron chi connectivity index (χ3n) is 3.80. The van der Waals surface area contributed by atoms with Crippen LogP contribution in [-0.4, -0.2) is 32.5 Å². The van der Waals surface area contributed by atoms with Crippen molar-refractivity contribution >= 4 is 12.4 Å². The van der Waals surface area contributed by atoms with Crippen LogP contribution in [0.25, 0.3) is 0 Å². The molecule has 5 nitrogen and oxygen atoms in total. The molecular weight excluding hydrogens is 330 g/mol. The molecule has 0 bridgehead atoms. The molecule has 0 amide bonds. The standard InChI is InChI=1S/C18H23NO4.ClH/c1-21-15-10-9-13(17(22-2)18(15)23-3)16(19)14(20)11-12-7-5-4-6-8-12;/h4-10,14,16,20H,11,19H2,1-3H3;1H/t14-,16+;/m0./s1. The Morgan fingerprint density at radius 1 is 0.917 bits per heavy atom. The first-order valence-electron chi connectivity index (χ1n) is 7.38. The molecule has 2 atom stereocenters. The van der Waals surface area contributed by atoms with Gasteiger partial charge in [0.05, 0.1) is 33.5 Å². The zero-order valence-electron chi connectivity index (χ0n) is 14.1. The highest BCUT2D eigenvalue weighted by Gasteiger charge is 2.25. The van der Waals surface area contributed by atoms with Crippen LogP contribution in [0.5, 0.6) is 17.2 Å².